The fourth-order valence-electron chi connectivity index (χ4n) is 2.95. The summed E-state index contributed by atoms with van der Waals surface area (Å²) in [7, 11) is 0. The van der Waals surface area contributed by atoms with Crippen LogP contribution in [0.2, 0.25) is 0 Å². The quantitative estimate of drug-likeness (QED) is 0.756. The first-order chi connectivity index (χ1) is 11.7. The fraction of sp³-hybridized carbons (Fsp3) is 0.235. The minimum Gasteiger partial charge on any atom is -0.465 e. The first kappa shape index (κ1) is 14.5. The van der Waals surface area contributed by atoms with Crippen LogP contribution < -0.4 is 4.90 Å². The third-order valence-corrected chi connectivity index (χ3v) is 4.28. The first-order valence-electron chi connectivity index (χ1n) is 7.85. The second-order valence-corrected chi connectivity index (χ2v) is 5.76. The number of aromatic amines is 1. The number of hydrogen-bond acceptors (Lipinski definition) is 4. The van der Waals surface area contributed by atoms with Gasteiger partial charge in [0, 0.05) is 37.9 Å². The number of aromatic nitrogens is 3. The van der Waals surface area contributed by atoms with E-state index in [2.05, 4.69) is 19.9 Å². The number of rotatable bonds is 2. The molecule has 4 rings (SSSR count). The van der Waals surface area contributed by atoms with Gasteiger partial charge in [-0.25, -0.2) is 14.8 Å². The van der Waals surface area contributed by atoms with Crippen molar-refractivity contribution < 1.29 is 9.90 Å². The van der Waals surface area contributed by atoms with E-state index in [-0.39, 0.29) is 0 Å². The standard InChI is InChI=1S/C17H17N5O2/c23-17(24)22-9-7-21(8-10-22)15-11-12(5-6-18-15)16-19-13-3-1-2-4-14(13)20-16/h1-6,11H,7-10H2,(H,19,20)(H,23,24). The normalized spacial score (nSPS) is 15.0. The van der Waals surface area contributed by atoms with Crippen LogP contribution in [-0.4, -0.2) is 57.2 Å². The van der Waals surface area contributed by atoms with Gasteiger partial charge in [0.1, 0.15) is 11.6 Å². The Morgan fingerprint density at radius 1 is 1.12 bits per heavy atom. The Hall–Kier alpha value is -3.09. The highest BCUT2D eigenvalue weighted by atomic mass is 16.4. The summed E-state index contributed by atoms with van der Waals surface area (Å²) >= 11 is 0. The average molecular weight is 323 g/mol. The third kappa shape index (κ3) is 2.64. The van der Waals surface area contributed by atoms with Crippen LogP contribution in [-0.2, 0) is 0 Å². The summed E-state index contributed by atoms with van der Waals surface area (Å²) in [6.07, 6.45) is 0.903. The highest BCUT2D eigenvalue weighted by Gasteiger charge is 2.21. The van der Waals surface area contributed by atoms with Crippen molar-refractivity contribution in [1.82, 2.24) is 19.9 Å². The van der Waals surface area contributed by atoms with Crippen molar-refractivity contribution >= 4 is 22.9 Å². The molecule has 0 aliphatic carbocycles. The molecular formula is C17H17N5O2. The molecule has 7 nitrogen and oxygen atoms in total. The monoisotopic (exact) mass is 323 g/mol. The van der Waals surface area contributed by atoms with E-state index < -0.39 is 6.09 Å². The Morgan fingerprint density at radius 3 is 2.67 bits per heavy atom. The molecule has 1 saturated heterocycles. The maximum Gasteiger partial charge on any atom is 0.407 e. The first-order valence-corrected chi connectivity index (χ1v) is 7.85. The Labute approximate surface area is 138 Å². The lowest BCUT2D eigenvalue weighted by atomic mass is 10.2. The molecule has 0 unspecified atom stereocenters. The van der Waals surface area contributed by atoms with Crippen LogP contribution in [0.25, 0.3) is 22.4 Å². The molecule has 1 aliphatic rings. The molecule has 0 spiro atoms. The van der Waals surface area contributed by atoms with Crippen LogP contribution in [0.5, 0.6) is 0 Å². The molecule has 0 saturated carbocycles. The van der Waals surface area contributed by atoms with Crippen LogP contribution in [0.4, 0.5) is 10.6 Å². The van der Waals surface area contributed by atoms with Crippen molar-refractivity contribution in [2.45, 2.75) is 0 Å². The molecule has 0 bridgehead atoms. The van der Waals surface area contributed by atoms with E-state index in [1.807, 2.05) is 36.4 Å². The molecule has 2 N–H and O–H groups in total. The lowest BCUT2D eigenvalue weighted by molar-refractivity contribution is 0.142. The molecule has 3 heterocycles. The van der Waals surface area contributed by atoms with E-state index in [0.29, 0.717) is 26.2 Å². The van der Waals surface area contributed by atoms with Gasteiger partial charge in [0.2, 0.25) is 0 Å². The van der Waals surface area contributed by atoms with Crippen molar-refractivity contribution in [3.63, 3.8) is 0 Å². The number of para-hydroxylation sites is 2. The number of hydrogen-bond donors (Lipinski definition) is 2. The summed E-state index contributed by atoms with van der Waals surface area (Å²) in [5, 5.41) is 9.04. The highest BCUT2D eigenvalue weighted by molar-refractivity contribution is 5.79. The zero-order valence-corrected chi connectivity index (χ0v) is 13.0. The number of anilines is 1. The van der Waals surface area contributed by atoms with Crippen molar-refractivity contribution in [3.05, 3.63) is 42.6 Å². The number of nitrogens with zero attached hydrogens (tertiary/aromatic N) is 4. The van der Waals surface area contributed by atoms with Gasteiger partial charge in [0.25, 0.3) is 0 Å². The zero-order chi connectivity index (χ0) is 16.5. The Morgan fingerprint density at radius 2 is 1.92 bits per heavy atom. The van der Waals surface area contributed by atoms with Crippen molar-refractivity contribution in [3.8, 4) is 11.4 Å². The van der Waals surface area contributed by atoms with Gasteiger partial charge in [0.15, 0.2) is 0 Å². The molecule has 1 aliphatic heterocycles. The predicted molar refractivity (Wildman–Crippen MR) is 91.1 cm³/mol. The van der Waals surface area contributed by atoms with Crippen LogP contribution in [0.15, 0.2) is 42.6 Å². The largest absolute Gasteiger partial charge is 0.465 e. The molecule has 1 aromatic carbocycles. The number of carbonyl (C=O) groups is 1. The number of imidazole rings is 1. The van der Waals surface area contributed by atoms with Crippen molar-refractivity contribution in [1.29, 1.82) is 0 Å². The Kier molecular flexibility index (Phi) is 3.53. The van der Waals surface area contributed by atoms with Crippen molar-refractivity contribution in [2.75, 3.05) is 31.1 Å². The summed E-state index contributed by atoms with van der Waals surface area (Å²) < 4.78 is 0. The van der Waals surface area contributed by atoms with E-state index in [1.165, 1.54) is 4.90 Å². The van der Waals surface area contributed by atoms with E-state index in [1.54, 1.807) is 6.20 Å². The number of piperazine rings is 1. The van der Waals surface area contributed by atoms with Gasteiger partial charge >= 0.3 is 6.09 Å². The number of fused-ring (bicyclic) bond motifs is 1. The summed E-state index contributed by atoms with van der Waals surface area (Å²) in [6.45, 7) is 2.27. The van der Waals surface area contributed by atoms with Gasteiger partial charge in [-0.2, -0.15) is 0 Å². The van der Waals surface area contributed by atoms with E-state index in [4.69, 9.17) is 5.11 Å². The predicted octanol–water partition coefficient (Wildman–Crippen LogP) is 2.42. The molecule has 0 atom stereocenters. The van der Waals surface area contributed by atoms with Crippen LogP contribution in [0.1, 0.15) is 0 Å². The van der Waals surface area contributed by atoms with Crippen LogP contribution in [0.3, 0.4) is 0 Å². The molecule has 0 radical (unpaired) electrons. The minimum absolute atomic E-state index is 0.492. The van der Waals surface area contributed by atoms with Gasteiger partial charge in [-0.05, 0) is 24.3 Å². The molecule has 7 heteroatoms. The highest BCUT2D eigenvalue weighted by Crippen LogP contribution is 2.23. The Balaban J connectivity index is 1.59. The second-order valence-electron chi connectivity index (χ2n) is 5.76. The second kappa shape index (κ2) is 5.84. The molecule has 3 aromatic rings. The maximum atomic E-state index is 11.0. The van der Waals surface area contributed by atoms with Crippen LogP contribution >= 0.6 is 0 Å². The third-order valence-electron chi connectivity index (χ3n) is 4.28. The summed E-state index contributed by atoms with van der Waals surface area (Å²) in [5.41, 5.74) is 2.90. The van der Waals surface area contributed by atoms with Gasteiger partial charge < -0.3 is 19.9 Å². The lowest BCUT2D eigenvalue weighted by Gasteiger charge is -2.33. The lowest BCUT2D eigenvalue weighted by Crippen LogP contribution is -2.48. The number of amides is 1. The summed E-state index contributed by atoms with van der Waals surface area (Å²) in [6, 6.07) is 11.8. The molecular weight excluding hydrogens is 306 g/mol. The molecule has 1 fully saturated rings. The van der Waals surface area contributed by atoms with Crippen molar-refractivity contribution in [2.24, 2.45) is 0 Å². The maximum absolute atomic E-state index is 11.0. The molecule has 2 aromatic heterocycles. The van der Waals surface area contributed by atoms with Gasteiger partial charge in [-0.15, -0.1) is 0 Å². The number of benzene rings is 1. The summed E-state index contributed by atoms with van der Waals surface area (Å²) in [5.74, 6) is 1.65. The number of carboxylic acid groups (broad SMARTS) is 1. The SMILES string of the molecule is O=C(O)N1CCN(c2cc(-c3nc4ccccc4[nH]3)ccn2)CC1. The molecule has 122 valence electrons. The zero-order valence-electron chi connectivity index (χ0n) is 13.0. The van der Waals surface area contributed by atoms with Gasteiger partial charge in [-0.1, -0.05) is 12.1 Å². The average Bonchev–Trinajstić information content (AvgIpc) is 3.06. The topological polar surface area (TPSA) is 85.4 Å². The molecule has 1 amide bonds. The number of nitrogens with one attached hydrogen (secondary N) is 1. The van der Waals surface area contributed by atoms with E-state index >= 15 is 0 Å². The fourth-order valence-corrected chi connectivity index (χ4v) is 2.95. The van der Waals surface area contributed by atoms with Gasteiger partial charge in [0.05, 0.1) is 11.0 Å². The molecule has 24 heavy (non-hydrogen) atoms. The van der Waals surface area contributed by atoms with Crippen LogP contribution in [0, 0.1) is 0 Å². The Bertz CT molecular complexity index is 850. The smallest absolute Gasteiger partial charge is 0.407 e. The summed E-state index contributed by atoms with van der Waals surface area (Å²) in [4.78, 5) is 26.9. The van der Waals surface area contributed by atoms with Gasteiger partial charge in [-0.3, -0.25) is 0 Å². The minimum atomic E-state index is -0.862. The number of pyridine rings is 1. The van der Waals surface area contributed by atoms with E-state index in [0.717, 1.165) is 28.2 Å². The number of H-pyrrole nitrogens is 1. The van der Waals surface area contributed by atoms with E-state index in [9.17, 15) is 4.79 Å².